The van der Waals surface area contributed by atoms with E-state index in [1.807, 2.05) is 22.6 Å². The minimum Gasteiger partial charge on any atom is -0.481 e. The number of nitrogens with two attached hydrogens (primary N) is 1. The Balaban J connectivity index is 2.90. The highest BCUT2D eigenvalue weighted by molar-refractivity contribution is 14.1. The van der Waals surface area contributed by atoms with Crippen molar-refractivity contribution in [2.24, 2.45) is 5.73 Å². The van der Waals surface area contributed by atoms with E-state index in [0.717, 1.165) is 3.57 Å². The van der Waals surface area contributed by atoms with Gasteiger partial charge in [-0.2, -0.15) is 0 Å². The van der Waals surface area contributed by atoms with Crippen molar-refractivity contribution < 1.29 is 14.3 Å². The maximum Gasteiger partial charge on any atom is 0.305 e. The summed E-state index contributed by atoms with van der Waals surface area (Å²) in [4.78, 5) is 10.4. The number of benzene rings is 1. The maximum absolute atomic E-state index is 13.3. The molecule has 0 aliphatic carbocycles. The van der Waals surface area contributed by atoms with Gasteiger partial charge in [-0.05, 0) is 34.7 Å². The molecule has 76 valence electrons. The van der Waals surface area contributed by atoms with E-state index in [1.54, 1.807) is 6.07 Å². The summed E-state index contributed by atoms with van der Waals surface area (Å²) in [6.45, 7) is 0. The summed E-state index contributed by atoms with van der Waals surface area (Å²) >= 11 is 1.97. The molecule has 0 fully saturated rings. The Bertz CT molecular complexity index is 357. The van der Waals surface area contributed by atoms with Crippen LogP contribution in [0.2, 0.25) is 0 Å². The zero-order valence-corrected chi connectivity index (χ0v) is 9.36. The zero-order valence-electron chi connectivity index (χ0n) is 7.21. The van der Waals surface area contributed by atoms with Crippen LogP contribution >= 0.6 is 22.6 Å². The van der Waals surface area contributed by atoms with E-state index in [2.05, 4.69) is 0 Å². The molecular weight excluding hydrogens is 300 g/mol. The number of carboxylic acid groups (broad SMARTS) is 1. The molecule has 1 rings (SSSR count). The van der Waals surface area contributed by atoms with Crippen LogP contribution in [0.1, 0.15) is 18.0 Å². The molecule has 0 aliphatic heterocycles. The monoisotopic (exact) mass is 309 g/mol. The van der Waals surface area contributed by atoms with Gasteiger partial charge in [0.1, 0.15) is 5.82 Å². The predicted octanol–water partition coefficient (Wildman–Crippen LogP) is 1.90. The highest BCUT2D eigenvalue weighted by Gasteiger charge is 2.14. The lowest BCUT2D eigenvalue weighted by Crippen LogP contribution is -2.16. The lowest BCUT2D eigenvalue weighted by atomic mass is 10.0. The van der Waals surface area contributed by atoms with Gasteiger partial charge in [-0.25, -0.2) is 4.39 Å². The molecule has 3 N–H and O–H groups in total. The Labute approximate surface area is 94.2 Å². The Kier molecular flexibility index (Phi) is 3.82. The molecule has 3 nitrogen and oxygen atoms in total. The third-order valence-corrected chi connectivity index (χ3v) is 2.43. The summed E-state index contributed by atoms with van der Waals surface area (Å²) in [6, 6.07) is 3.76. The fraction of sp³-hybridized carbons (Fsp3) is 0.222. The van der Waals surface area contributed by atoms with E-state index in [-0.39, 0.29) is 12.0 Å². The summed E-state index contributed by atoms with van der Waals surface area (Å²) in [5.41, 5.74) is 5.77. The van der Waals surface area contributed by atoms with Crippen LogP contribution in [0.5, 0.6) is 0 Å². The predicted molar refractivity (Wildman–Crippen MR) is 58.3 cm³/mol. The minimum atomic E-state index is -1.03. The quantitative estimate of drug-likeness (QED) is 0.838. The molecule has 0 aliphatic rings. The molecule has 14 heavy (non-hydrogen) atoms. The van der Waals surface area contributed by atoms with Crippen LogP contribution in [0.4, 0.5) is 4.39 Å². The third-order valence-electron chi connectivity index (χ3n) is 1.76. The van der Waals surface area contributed by atoms with Crippen molar-refractivity contribution in [2.45, 2.75) is 12.5 Å². The number of hydrogen-bond donors (Lipinski definition) is 2. The van der Waals surface area contributed by atoms with Crippen LogP contribution in [0.3, 0.4) is 0 Å². The van der Waals surface area contributed by atoms with Crippen molar-refractivity contribution in [1.82, 2.24) is 0 Å². The molecule has 0 amide bonds. The molecule has 5 heteroatoms. The van der Waals surface area contributed by atoms with Gasteiger partial charge >= 0.3 is 5.97 Å². The molecule has 0 spiro atoms. The normalized spacial score (nSPS) is 12.5. The van der Waals surface area contributed by atoms with Gasteiger partial charge in [-0.1, -0.05) is 6.07 Å². The van der Waals surface area contributed by atoms with E-state index < -0.39 is 17.8 Å². The molecule has 0 saturated heterocycles. The number of carboxylic acids is 1. The average Bonchev–Trinajstić information content (AvgIpc) is 2.01. The fourth-order valence-corrected chi connectivity index (χ4v) is 1.55. The lowest BCUT2D eigenvalue weighted by Gasteiger charge is -2.10. The van der Waals surface area contributed by atoms with Crippen LogP contribution in [0.25, 0.3) is 0 Å². The van der Waals surface area contributed by atoms with Crippen molar-refractivity contribution in [1.29, 1.82) is 0 Å². The molecule has 0 saturated carbocycles. The van der Waals surface area contributed by atoms with E-state index in [1.165, 1.54) is 12.1 Å². The number of aliphatic carboxylic acids is 1. The molecule has 1 atom stereocenters. The molecule has 1 aromatic rings. The lowest BCUT2D eigenvalue weighted by molar-refractivity contribution is -0.137. The van der Waals surface area contributed by atoms with Crippen LogP contribution in [-0.4, -0.2) is 11.1 Å². The Morgan fingerprint density at radius 1 is 1.64 bits per heavy atom. The van der Waals surface area contributed by atoms with Gasteiger partial charge in [-0.15, -0.1) is 0 Å². The first-order valence-electron chi connectivity index (χ1n) is 3.93. The van der Waals surface area contributed by atoms with Crippen molar-refractivity contribution in [3.05, 3.63) is 33.1 Å². The second kappa shape index (κ2) is 4.70. The van der Waals surface area contributed by atoms with Crippen LogP contribution in [0.15, 0.2) is 18.2 Å². The first-order chi connectivity index (χ1) is 6.50. The summed E-state index contributed by atoms with van der Waals surface area (Å²) in [7, 11) is 0. The topological polar surface area (TPSA) is 63.3 Å². The average molecular weight is 309 g/mol. The van der Waals surface area contributed by atoms with Gasteiger partial charge in [0.05, 0.1) is 6.42 Å². The van der Waals surface area contributed by atoms with Crippen molar-refractivity contribution in [3.8, 4) is 0 Å². The standard InChI is InChI=1S/C9H9FINO2/c10-7-3-5(11)1-2-6(7)8(12)4-9(13)14/h1-3,8H,4,12H2,(H,13,14)/t8-/m0/s1. The van der Waals surface area contributed by atoms with E-state index in [4.69, 9.17) is 10.8 Å². The second-order valence-corrected chi connectivity index (χ2v) is 4.12. The van der Waals surface area contributed by atoms with Gasteiger partial charge < -0.3 is 10.8 Å². The number of hydrogen-bond acceptors (Lipinski definition) is 2. The van der Waals surface area contributed by atoms with Crippen LogP contribution < -0.4 is 5.73 Å². The zero-order chi connectivity index (χ0) is 10.7. The number of rotatable bonds is 3. The van der Waals surface area contributed by atoms with Crippen LogP contribution in [0, 0.1) is 9.39 Å². The highest BCUT2D eigenvalue weighted by Crippen LogP contribution is 2.19. The van der Waals surface area contributed by atoms with Crippen molar-refractivity contribution >= 4 is 28.6 Å². The Morgan fingerprint density at radius 2 is 2.29 bits per heavy atom. The molecule has 0 aromatic heterocycles. The fourth-order valence-electron chi connectivity index (χ4n) is 1.10. The van der Waals surface area contributed by atoms with Gasteiger partial charge in [0.25, 0.3) is 0 Å². The van der Waals surface area contributed by atoms with Gasteiger partial charge in [0.2, 0.25) is 0 Å². The molecular formula is C9H9FINO2. The largest absolute Gasteiger partial charge is 0.481 e. The highest BCUT2D eigenvalue weighted by atomic mass is 127. The Hall–Kier alpha value is -0.690. The third kappa shape index (κ3) is 2.91. The summed E-state index contributed by atoms with van der Waals surface area (Å²) < 4.78 is 14.0. The van der Waals surface area contributed by atoms with Crippen molar-refractivity contribution in [2.75, 3.05) is 0 Å². The molecule has 0 bridgehead atoms. The second-order valence-electron chi connectivity index (χ2n) is 2.87. The molecule has 0 unspecified atom stereocenters. The molecule has 0 heterocycles. The molecule has 0 radical (unpaired) electrons. The maximum atomic E-state index is 13.3. The first kappa shape index (κ1) is 11.4. The SMILES string of the molecule is N[C@@H](CC(=O)O)c1ccc(I)cc1F. The molecule has 1 aromatic carbocycles. The van der Waals surface area contributed by atoms with Crippen LogP contribution in [-0.2, 0) is 4.79 Å². The van der Waals surface area contributed by atoms with E-state index in [9.17, 15) is 9.18 Å². The minimum absolute atomic E-state index is 0.243. The van der Waals surface area contributed by atoms with Gasteiger partial charge in [0, 0.05) is 15.2 Å². The Morgan fingerprint density at radius 3 is 2.79 bits per heavy atom. The van der Waals surface area contributed by atoms with E-state index in [0.29, 0.717) is 0 Å². The smallest absolute Gasteiger partial charge is 0.305 e. The van der Waals surface area contributed by atoms with Gasteiger partial charge in [0.15, 0.2) is 0 Å². The summed E-state index contributed by atoms with van der Waals surface area (Å²) in [6.07, 6.45) is -0.266. The number of halogens is 2. The van der Waals surface area contributed by atoms with E-state index >= 15 is 0 Å². The van der Waals surface area contributed by atoms with Gasteiger partial charge in [-0.3, -0.25) is 4.79 Å². The first-order valence-corrected chi connectivity index (χ1v) is 5.01. The number of carbonyl (C=O) groups is 1. The summed E-state index contributed by atoms with van der Waals surface area (Å²) in [5.74, 6) is -1.49. The van der Waals surface area contributed by atoms with Crippen molar-refractivity contribution in [3.63, 3.8) is 0 Å². The summed E-state index contributed by atoms with van der Waals surface area (Å²) in [5, 5.41) is 8.49.